The van der Waals surface area contributed by atoms with Crippen LogP contribution in [0.4, 0.5) is 0 Å². The maximum Gasteiger partial charge on any atom is 0.301 e. The Labute approximate surface area is 84.4 Å². The van der Waals surface area contributed by atoms with Gasteiger partial charge in [-0.3, -0.25) is 0 Å². The summed E-state index contributed by atoms with van der Waals surface area (Å²) in [6.07, 6.45) is 3.88. The predicted molar refractivity (Wildman–Crippen MR) is 61.4 cm³/mol. The van der Waals surface area contributed by atoms with Crippen LogP contribution < -0.4 is 0 Å². The molecule has 2 heteroatoms. The van der Waals surface area contributed by atoms with E-state index >= 15 is 0 Å². The minimum Gasteiger partial charge on any atom is -0.438 e. The van der Waals surface area contributed by atoms with Crippen LogP contribution in [0.3, 0.4) is 0 Å². The molecule has 0 saturated carbocycles. The van der Waals surface area contributed by atoms with Crippen molar-refractivity contribution in [3.05, 3.63) is 0 Å². The second kappa shape index (κ2) is 5.69. The topological polar surface area (TPSA) is 9.23 Å². The largest absolute Gasteiger partial charge is 0.438 e. The van der Waals surface area contributed by atoms with Gasteiger partial charge in [-0.2, -0.15) is 0 Å². The molecule has 1 atom stereocenters. The van der Waals surface area contributed by atoms with E-state index in [1.807, 2.05) is 7.11 Å². The van der Waals surface area contributed by atoms with E-state index in [0.717, 1.165) is 0 Å². The van der Waals surface area contributed by atoms with E-state index in [1.54, 1.807) is 0 Å². The van der Waals surface area contributed by atoms with Crippen molar-refractivity contribution in [3.8, 4) is 0 Å². The summed E-state index contributed by atoms with van der Waals surface area (Å²) >= 11 is 0. The Hall–Kier alpha value is 0.0249. The highest BCUT2D eigenvalue weighted by molar-refractivity contribution is 6.56. The Morgan fingerprint density at radius 2 is 1.85 bits per heavy atom. The SMILES string of the molecule is CCCCC(C)B(OC)C(C)(C)C. The third-order valence-corrected chi connectivity index (χ3v) is 2.64. The van der Waals surface area contributed by atoms with Crippen LogP contribution in [0.25, 0.3) is 0 Å². The van der Waals surface area contributed by atoms with E-state index in [1.165, 1.54) is 19.3 Å². The zero-order valence-electron chi connectivity index (χ0n) is 10.2. The Bertz CT molecular complexity index is 129. The lowest BCUT2D eigenvalue weighted by Gasteiger charge is -2.30. The van der Waals surface area contributed by atoms with E-state index in [0.29, 0.717) is 12.7 Å². The molecule has 0 aliphatic heterocycles. The van der Waals surface area contributed by atoms with Crippen LogP contribution in [0.1, 0.15) is 53.9 Å². The highest BCUT2D eigenvalue weighted by atomic mass is 16.4. The Morgan fingerprint density at radius 3 is 2.15 bits per heavy atom. The van der Waals surface area contributed by atoms with Gasteiger partial charge in [-0.15, -0.1) is 0 Å². The quantitative estimate of drug-likeness (QED) is 0.586. The van der Waals surface area contributed by atoms with Crippen LogP contribution in [-0.2, 0) is 4.65 Å². The molecule has 78 valence electrons. The minimum atomic E-state index is 0.266. The van der Waals surface area contributed by atoms with Crippen molar-refractivity contribution in [2.75, 3.05) is 7.11 Å². The van der Waals surface area contributed by atoms with Crippen LogP contribution >= 0.6 is 0 Å². The van der Waals surface area contributed by atoms with Gasteiger partial charge in [0.05, 0.1) is 0 Å². The summed E-state index contributed by atoms with van der Waals surface area (Å²) in [6.45, 7) is 11.7. The molecule has 0 aliphatic rings. The number of rotatable bonds is 5. The fourth-order valence-corrected chi connectivity index (χ4v) is 2.12. The summed E-state index contributed by atoms with van der Waals surface area (Å²) in [5.41, 5.74) is 0. The molecule has 0 aliphatic carbocycles. The van der Waals surface area contributed by atoms with Gasteiger partial charge in [0.1, 0.15) is 0 Å². The Balaban J connectivity index is 4.07. The molecule has 0 spiro atoms. The molecule has 0 fully saturated rings. The zero-order valence-corrected chi connectivity index (χ0v) is 10.2. The molecule has 0 radical (unpaired) electrons. The first-order chi connectivity index (χ1) is 5.93. The van der Waals surface area contributed by atoms with Crippen LogP contribution in [0.2, 0.25) is 11.1 Å². The molecule has 0 rings (SSSR count). The predicted octanol–water partition coefficient (Wildman–Crippen LogP) is 4.00. The average Bonchev–Trinajstić information content (AvgIpc) is 1.99. The van der Waals surface area contributed by atoms with Gasteiger partial charge in [0.25, 0.3) is 0 Å². The highest BCUT2D eigenvalue weighted by Gasteiger charge is 2.34. The number of hydrogen-bond acceptors (Lipinski definition) is 1. The third kappa shape index (κ3) is 4.71. The molecule has 0 bridgehead atoms. The van der Waals surface area contributed by atoms with Crippen LogP contribution in [0, 0.1) is 0 Å². The van der Waals surface area contributed by atoms with Crippen LogP contribution in [-0.4, -0.2) is 14.0 Å². The summed E-state index contributed by atoms with van der Waals surface area (Å²) in [4.78, 5) is 0. The fourth-order valence-electron chi connectivity index (χ4n) is 2.12. The third-order valence-electron chi connectivity index (χ3n) is 2.64. The maximum atomic E-state index is 5.57. The van der Waals surface area contributed by atoms with E-state index in [-0.39, 0.29) is 5.31 Å². The Morgan fingerprint density at radius 1 is 1.31 bits per heavy atom. The minimum absolute atomic E-state index is 0.266. The second-order valence-electron chi connectivity index (χ2n) is 5.14. The second-order valence-corrected chi connectivity index (χ2v) is 5.14. The molecule has 0 N–H and O–H groups in total. The normalized spacial score (nSPS) is 14.3. The van der Waals surface area contributed by atoms with Gasteiger partial charge in [-0.1, -0.05) is 53.9 Å². The molecule has 0 aromatic carbocycles. The van der Waals surface area contributed by atoms with Crippen molar-refractivity contribution in [3.63, 3.8) is 0 Å². The molecule has 0 aromatic heterocycles. The molecule has 1 nitrogen and oxygen atoms in total. The zero-order chi connectivity index (χ0) is 10.5. The molecule has 0 amide bonds. The van der Waals surface area contributed by atoms with Crippen molar-refractivity contribution < 1.29 is 4.65 Å². The first-order valence-electron chi connectivity index (χ1n) is 5.46. The lowest BCUT2D eigenvalue weighted by atomic mass is 9.40. The summed E-state index contributed by atoms with van der Waals surface area (Å²) in [6, 6.07) is 0. The van der Waals surface area contributed by atoms with Crippen molar-refractivity contribution >= 4 is 6.92 Å². The van der Waals surface area contributed by atoms with Gasteiger partial charge in [0, 0.05) is 7.11 Å². The molecular weight excluding hydrogens is 159 g/mol. The maximum absolute atomic E-state index is 5.57. The summed E-state index contributed by atoms with van der Waals surface area (Å²) in [5.74, 6) is 0.671. The van der Waals surface area contributed by atoms with Crippen LogP contribution in [0.15, 0.2) is 0 Å². The number of unbranched alkanes of at least 4 members (excludes halogenated alkanes) is 1. The van der Waals surface area contributed by atoms with Crippen molar-refractivity contribution in [2.24, 2.45) is 0 Å². The first-order valence-corrected chi connectivity index (χ1v) is 5.46. The van der Waals surface area contributed by atoms with E-state index in [4.69, 9.17) is 4.65 Å². The van der Waals surface area contributed by atoms with Gasteiger partial charge in [0.2, 0.25) is 0 Å². The van der Waals surface area contributed by atoms with Gasteiger partial charge in [-0.05, 0) is 11.1 Å². The van der Waals surface area contributed by atoms with Gasteiger partial charge in [0.15, 0.2) is 0 Å². The molecule has 0 heterocycles. The lowest BCUT2D eigenvalue weighted by Crippen LogP contribution is -2.32. The first kappa shape index (κ1) is 13.0. The van der Waals surface area contributed by atoms with Gasteiger partial charge < -0.3 is 4.65 Å². The average molecular weight is 184 g/mol. The van der Waals surface area contributed by atoms with Crippen molar-refractivity contribution in [2.45, 2.75) is 65.0 Å². The monoisotopic (exact) mass is 184 g/mol. The highest BCUT2D eigenvalue weighted by Crippen LogP contribution is 2.36. The molecular formula is C11H25BO. The molecule has 1 unspecified atom stereocenters. The smallest absolute Gasteiger partial charge is 0.301 e. The van der Waals surface area contributed by atoms with Gasteiger partial charge >= 0.3 is 6.92 Å². The van der Waals surface area contributed by atoms with E-state index in [9.17, 15) is 0 Å². The molecule has 0 saturated heterocycles. The lowest BCUT2D eigenvalue weighted by molar-refractivity contribution is 0.374. The van der Waals surface area contributed by atoms with E-state index < -0.39 is 0 Å². The van der Waals surface area contributed by atoms with Gasteiger partial charge in [-0.25, -0.2) is 0 Å². The molecule has 13 heavy (non-hydrogen) atoms. The van der Waals surface area contributed by atoms with E-state index in [2.05, 4.69) is 34.6 Å². The number of hydrogen-bond donors (Lipinski definition) is 0. The standard InChI is InChI=1S/C11H25BO/c1-7-8-9-10(2)12(13-6)11(3,4)5/h10H,7-9H2,1-6H3. The van der Waals surface area contributed by atoms with Crippen molar-refractivity contribution in [1.29, 1.82) is 0 Å². The van der Waals surface area contributed by atoms with Crippen LogP contribution in [0.5, 0.6) is 0 Å². The molecule has 0 aromatic rings. The summed E-state index contributed by atoms with van der Waals surface area (Å²) in [7, 11) is 1.83. The Kier molecular flexibility index (Phi) is 5.70. The fraction of sp³-hybridized carbons (Fsp3) is 1.00. The van der Waals surface area contributed by atoms with Crippen molar-refractivity contribution in [1.82, 2.24) is 0 Å². The summed E-state index contributed by atoms with van der Waals surface area (Å²) < 4.78 is 5.57. The summed E-state index contributed by atoms with van der Waals surface area (Å²) in [5, 5.41) is 0.266.